The topological polar surface area (TPSA) is 97.0 Å². The third kappa shape index (κ3) is 5.39. The van der Waals surface area contributed by atoms with Crippen molar-refractivity contribution >= 4 is 41.2 Å². The van der Waals surface area contributed by atoms with Crippen LogP contribution >= 0.6 is 11.6 Å². The van der Waals surface area contributed by atoms with Crippen LogP contribution in [-0.2, 0) is 9.59 Å². The molecule has 9 heteroatoms. The molecule has 0 radical (unpaired) electrons. The van der Waals surface area contributed by atoms with E-state index in [1.165, 1.54) is 13.2 Å². The highest BCUT2D eigenvalue weighted by molar-refractivity contribution is 6.32. The van der Waals surface area contributed by atoms with Crippen LogP contribution in [0.3, 0.4) is 0 Å². The molecule has 4 amide bonds. The minimum absolute atomic E-state index is 0.0166. The average molecular weight is 458 g/mol. The molecule has 0 aromatic heterocycles. The van der Waals surface area contributed by atoms with Crippen molar-refractivity contribution in [3.8, 4) is 11.5 Å². The van der Waals surface area contributed by atoms with Crippen LogP contribution in [0.1, 0.15) is 25.8 Å². The third-order valence-electron chi connectivity index (χ3n) is 4.82. The van der Waals surface area contributed by atoms with Crippen molar-refractivity contribution in [1.82, 2.24) is 10.2 Å². The molecule has 1 saturated heterocycles. The van der Waals surface area contributed by atoms with Gasteiger partial charge in [-0.2, -0.15) is 0 Å². The fourth-order valence-corrected chi connectivity index (χ4v) is 3.20. The van der Waals surface area contributed by atoms with Crippen LogP contribution in [-0.4, -0.2) is 42.5 Å². The number of imide groups is 1. The first-order valence-corrected chi connectivity index (χ1v) is 10.4. The number of benzene rings is 2. The van der Waals surface area contributed by atoms with Gasteiger partial charge in [-0.15, -0.1) is 0 Å². The van der Waals surface area contributed by atoms with E-state index < -0.39 is 24.4 Å². The summed E-state index contributed by atoms with van der Waals surface area (Å²) in [7, 11) is 1.48. The second-order valence-electron chi connectivity index (χ2n) is 7.15. The lowest BCUT2D eigenvalue weighted by Crippen LogP contribution is -2.38. The normalized spacial score (nSPS) is 15.5. The van der Waals surface area contributed by atoms with E-state index in [0.717, 1.165) is 11.3 Å². The first-order valence-electron chi connectivity index (χ1n) is 10.1. The van der Waals surface area contributed by atoms with E-state index in [2.05, 4.69) is 10.6 Å². The number of halogens is 1. The van der Waals surface area contributed by atoms with Crippen LogP contribution in [0.15, 0.2) is 48.2 Å². The van der Waals surface area contributed by atoms with Crippen molar-refractivity contribution in [3.63, 3.8) is 0 Å². The van der Waals surface area contributed by atoms with Crippen molar-refractivity contribution in [2.75, 3.05) is 19.0 Å². The lowest BCUT2D eigenvalue weighted by atomic mass is 10.1. The molecule has 0 bridgehead atoms. The summed E-state index contributed by atoms with van der Waals surface area (Å²) in [4.78, 5) is 38.2. The number of carbonyl (C=O) groups excluding carboxylic acids is 3. The predicted molar refractivity (Wildman–Crippen MR) is 122 cm³/mol. The zero-order valence-electron chi connectivity index (χ0n) is 18.0. The molecular weight excluding hydrogens is 434 g/mol. The van der Waals surface area contributed by atoms with Gasteiger partial charge in [0.25, 0.3) is 5.91 Å². The van der Waals surface area contributed by atoms with Gasteiger partial charge in [-0.25, -0.2) is 9.69 Å². The number of amides is 4. The highest BCUT2D eigenvalue weighted by Gasteiger charge is 2.35. The highest BCUT2D eigenvalue weighted by Crippen LogP contribution is 2.28. The number of rotatable bonds is 8. The molecule has 0 spiro atoms. The first kappa shape index (κ1) is 23.1. The van der Waals surface area contributed by atoms with Crippen molar-refractivity contribution in [1.29, 1.82) is 0 Å². The molecule has 1 aliphatic rings. The van der Waals surface area contributed by atoms with Crippen molar-refractivity contribution in [2.45, 2.75) is 26.4 Å². The monoisotopic (exact) mass is 457 g/mol. The van der Waals surface area contributed by atoms with Crippen LogP contribution in [0.5, 0.6) is 11.5 Å². The standard InChI is InChI=1S/C23H24ClN3O5/c1-4-14(2)32-19-10-9-15(11-16(19)24)12-18-22(29)27(23(30)26-18)13-21(28)25-17-7-5-6-8-20(17)31-3/h5-12,14H,4,13H2,1-3H3,(H,25,28)(H,26,30)/b18-12+/t14-/m1/s1. The molecule has 1 heterocycles. The smallest absolute Gasteiger partial charge is 0.329 e. The molecule has 32 heavy (non-hydrogen) atoms. The number of hydrogen-bond acceptors (Lipinski definition) is 5. The predicted octanol–water partition coefficient (Wildman–Crippen LogP) is 4.06. The number of carbonyl (C=O) groups is 3. The Balaban J connectivity index is 1.69. The van der Waals surface area contributed by atoms with Gasteiger partial charge in [0.1, 0.15) is 23.7 Å². The second kappa shape index (κ2) is 10.2. The molecule has 0 saturated carbocycles. The zero-order chi connectivity index (χ0) is 23.3. The van der Waals surface area contributed by atoms with Gasteiger partial charge in [0, 0.05) is 0 Å². The van der Waals surface area contributed by atoms with Gasteiger partial charge < -0.3 is 20.1 Å². The van der Waals surface area contributed by atoms with Crippen LogP contribution in [0.2, 0.25) is 5.02 Å². The van der Waals surface area contributed by atoms with Crippen LogP contribution in [0.4, 0.5) is 10.5 Å². The summed E-state index contributed by atoms with van der Waals surface area (Å²) in [6.07, 6.45) is 2.35. The van der Waals surface area contributed by atoms with Crippen LogP contribution < -0.4 is 20.1 Å². The van der Waals surface area contributed by atoms with Gasteiger partial charge in [-0.05, 0) is 49.2 Å². The Labute approximate surface area is 191 Å². The van der Waals surface area contributed by atoms with Crippen LogP contribution in [0.25, 0.3) is 6.08 Å². The zero-order valence-corrected chi connectivity index (χ0v) is 18.7. The minimum Gasteiger partial charge on any atom is -0.495 e. The number of methoxy groups -OCH3 is 1. The number of nitrogens with zero attached hydrogens (tertiary/aromatic N) is 1. The van der Waals surface area contributed by atoms with Gasteiger partial charge in [0.15, 0.2) is 0 Å². The molecule has 8 nitrogen and oxygen atoms in total. The molecule has 2 aromatic carbocycles. The Morgan fingerprint density at radius 2 is 1.97 bits per heavy atom. The molecule has 2 N–H and O–H groups in total. The average Bonchev–Trinajstić information content (AvgIpc) is 3.03. The van der Waals surface area contributed by atoms with E-state index in [1.807, 2.05) is 13.8 Å². The summed E-state index contributed by atoms with van der Waals surface area (Å²) in [5, 5.41) is 5.52. The Hall–Kier alpha value is -3.52. The van der Waals surface area contributed by atoms with E-state index in [0.29, 0.717) is 27.8 Å². The fourth-order valence-electron chi connectivity index (χ4n) is 2.97. The Morgan fingerprint density at radius 1 is 1.22 bits per heavy atom. The summed E-state index contributed by atoms with van der Waals surface area (Å²) in [6, 6.07) is 11.2. The largest absolute Gasteiger partial charge is 0.495 e. The number of hydrogen-bond donors (Lipinski definition) is 2. The Kier molecular flexibility index (Phi) is 7.37. The van der Waals surface area contributed by atoms with Crippen molar-refractivity contribution < 1.29 is 23.9 Å². The summed E-state index contributed by atoms with van der Waals surface area (Å²) in [5.74, 6) is -0.133. The number of ether oxygens (including phenoxy) is 2. The van der Waals surface area contributed by atoms with Gasteiger partial charge in [0.05, 0.1) is 23.9 Å². The summed E-state index contributed by atoms with van der Waals surface area (Å²) >= 11 is 6.28. The van der Waals surface area contributed by atoms with Gasteiger partial charge in [0.2, 0.25) is 5.91 Å². The molecule has 0 unspecified atom stereocenters. The summed E-state index contributed by atoms with van der Waals surface area (Å²) < 4.78 is 10.9. The van der Waals surface area contributed by atoms with E-state index in [4.69, 9.17) is 21.1 Å². The molecule has 3 rings (SSSR count). The molecule has 0 aliphatic carbocycles. The summed E-state index contributed by atoms with van der Waals surface area (Å²) in [6.45, 7) is 3.51. The molecule has 1 fully saturated rings. The Morgan fingerprint density at radius 3 is 2.66 bits per heavy atom. The second-order valence-corrected chi connectivity index (χ2v) is 7.56. The number of anilines is 1. The quantitative estimate of drug-likeness (QED) is 0.460. The first-order chi connectivity index (χ1) is 15.3. The molecule has 168 valence electrons. The van der Waals surface area contributed by atoms with E-state index in [9.17, 15) is 14.4 Å². The molecule has 1 atom stereocenters. The van der Waals surface area contributed by atoms with Gasteiger partial charge in [-0.1, -0.05) is 36.7 Å². The maximum Gasteiger partial charge on any atom is 0.329 e. The van der Waals surface area contributed by atoms with Crippen LogP contribution in [0, 0.1) is 0 Å². The number of para-hydroxylation sites is 2. The lowest BCUT2D eigenvalue weighted by Gasteiger charge is -2.14. The van der Waals surface area contributed by atoms with Gasteiger partial charge >= 0.3 is 6.03 Å². The summed E-state index contributed by atoms with van der Waals surface area (Å²) in [5.41, 5.74) is 1.10. The maximum absolute atomic E-state index is 12.7. The molecule has 1 aliphatic heterocycles. The van der Waals surface area contributed by atoms with Crippen molar-refractivity contribution in [2.24, 2.45) is 0 Å². The van der Waals surface area contributed by atoms with E-state index >= 15 is 0 Å². The third-order valence-corrected chi connectivity index (χ3v) is 5.11. The van der Waals surface area contributed by atoms with Gasteiger partial charge in [-0.3, -0.25) is 9.59 Å². The molecule has 2 aromatic rings. The Bertz CT molecular complexity index is 1070. The lowest BCUT2D eigenvalue weighted by molar-refractivity contribution is -0.127. The fraction of sp³-hybridized carbons (Fsp3) is 0.261. The maximum atomic E-state index is 12.7. The van der Waals surface area contributed by atoms with E-state index in [1.54, 1.807) is 42.5 Å². The number of urea groups is 1. The molecular formula is C23H24ClN3O5. The highest BCUT2D eigenvalue weighted by atomic mass is 35.5. The van der Waals surface area contributed by atoms with E-state index in [-0.39, 0.29) is 11.8 Å². The SMILES string of the molecule is CC[C@@H](C)Oc1ccc(/C=C2/NC(=O)N(CC(=O)Nc3ccccc3OC)C2=O)cc1Cl. The minimum atomic E-state index is -0.681. The van der Waals surface area contributed by atoms with Crippen molar-refractivity contribution in [3.05, 3.63) is 58.7 Å². The number of nitrogens with one attached hydrogen (secondary N) is 2.